The molecule has 0 radical (unpaired) electrons. The van der Waals surface area contributed by atoms with Gasteiger partial charge in [-0.15, -0.1) is 0 Å². The fourth-order valence-electron chi connectivity index (χ4n) is 3.06. The number of rotatable bonds is 5. The molecular weight excluding hydrogens is 344 g/mol. The number of nitrogens with one attached hydrogen (secondary N) is 1. The summed E-state index contributed by atoms with van der Waals surface area (Å²) in [5, 5.41) is 2.68. The lowest BCUT2D eigenvalue weighted by Crippen LogP contribution is -2.45. The molecule has 0 aromatic heterocycles. The number of benzene rings is 2. The van der Waals surface area contributed by atoms with Crippen LogP contribution in [0.3, 0.4) is 0 Å². The molecule has 1 aliphatic heterocycles. The van der Waals surface area contributed by atoms with Crippen molar-refractivity contribution in [2.45, 2.75) is 20.0 Å². The molecule has 6 heteroatoms. The summed E-state index contributed by atoms with van der Waals surface area (Å²) in [5.41, 5.74) is 2.58. The van der Waals surface area contributed by atoms with Gasteiger partial charge in [-0.25, -0.2) is 0 Å². The van der Waals surface area contributed by atoms with Crippen molar-refractivity contribution >= 4 is 11.8 Å². The average molecular weight is 368 g/mol. The molecular formula is C21H24N2O4. The van der Waals surface area contributed by atoms with Crippen LogP contribution in [-0.2, 0) is 4.79 Å². The Hall–Kier alpha value is -3.02. The van der Waals surface area contributed by atoms with Gasteiger partial charge in [-0.2, -0.15) is 0 Å². The zero-order valence-electron chi connectivity index (χ0n) is 15.8. The normalized spacial score (nSPS) is 15.1. The van der Waals surface area contributed by atoms with E-state index in [2.05, 4.69) is 5.32 Å². The van der Waals surface area contributed by atoms with Crippen LogP contribution >= 0.6 is 0 Å². The van der Waals surface area contributed by atoms with Crippen molar-refractivity contribution < 1.29 is 19.1 Å². The third-order valence-electron chi connectivity index (χ3n) is 4.35. The number of likely N-dealkylation sites (N-methyl/N-ethyl adjacent to an activating group) is 1. The van der Waals surface area contributed by atoms with Crippen LogP contribution in [-0.4, -0.2) is 49.6 Å². The van der Waals surface area contributed by atoms with E-state index in [0.717, 1.165) is 11.1 Å². The molecule has 1 N–H and O–H groups in total. The highest BCUT2D eigenvalue weighted by Gasteiger charge is 2.23. The molecule has 0 bridgehead atoms. The SMILES string of the molecule is Cc1cc(C)cc(C(=O)NCC(=O)N(C)CC2COc3ccccc3O2)c1. The van der Waals surface area contributed by atoms with Crippen LogP contribution < -0.4 is 14.8 Å². The minimum Gasteiger partial charge on any atom is -0.486 e. The van der Waals surface area contributed by atoms with Gasteiger partial charge in [-0.1, -0.05) is 29.3 Å². The predicted molar refractivity (Wildman–Crippen MR) is 102 cm³/mol. The van der Waals surface area contributed by atoms with E-state index >= 15 is 0 Å². The lowest BCUT2D eigenvalue weighted by Gasteiger charge is -2.29. The monoisotopic (exact) mass is 368 g/mol. The number of amides is 2. The van der Waals surface area contributed by atoms with E-state index in [4.69, 9.17) is 9.47 Å². The molecule has 3 rings (SSSR count). The van der Waals surface area contributed by atoms with Gasteiger partial charge in [0.05, 0.1) is 13.1 Å². The Kier molecular flexibility index (Phi) is 5.64. The molecule has 142 valence electrons. The van der Waals surface area contributed by atoms with E-state index < -0.39 is 0 Å². The van der Waals surface area contributed by atoms with Gasteiger partial charge in [-0.05, 0) is 38.1 Å². The Balaban J connectivity index is 1.50. The van der Waals surface area contributed by atoms with Gasteiger partial charge >= 0.3 is 0 Å². The lowest BCUT2D eigenvalue weighted by atomic mass is 10.1. The summed E-state index contributed by atoms with van der Waals surface area (Å²) >= 11 is 0. The summed E-state index contributed by atoms with van der Waals surface area (Å²) in [4.78, 5) is 26.2. The van der Waals surface area contributed by atoms with Crippen LogP contribution in [0.25, 0.3) is 0 Å². The summed E-state index contributed by atoms with van der Waals surface area (Å²) in [6.45, 7) is 4.57. The minimum absolute atomic E-state index is 0.0630. The largest absolute Gasteiger partial charge is 0.486 e. The quantitative estimate of drug-likeness (QED) is 0.880. The Morgan fingerprint density at radius 1 is 1.11 bits per heavy atom. The number of aryl methyl sites for hydroxylation is 2. The summed E-state index contributed by atoms with van der Waals surface area (Å²) in [7, 11) is 1.69. The van der Waals surface area contributed by atoms with Crippen LogP contribution in [0.2, 0.25) is 0 Å². The highest BCUT2D eigenvalue weighted by Crippen LogP contribution is 2.30. The van der Waals surface area contributed by atoms with E-state index in [1.807, 2.05) is 44.2 Å². The number of hydrogen-bond donors (Lipinski definition) is 1. The van der Waals surface area contributed by atoms with Crippen LogP contribution in [0.4, 0.5) is 0 Å². The first-order chi connectivity index (χ1) is 12.9. The second-order valence-electron chi connectivity index (χ2n) is 6.83. The van der Waals surface area contributed by atoms with Gasteiger partial charge in [-0.3, -0.25) is 9.59 Å². The first-order valence-electron chi connectivity index (χ1n) is 8.91. The summed E-state index contributed by atoms with van der Waals surface area (Å²) in [6, 6.07) is 13.1. The van der Waals surface area contributed by atoms with Gasteiger partial charge in [0.2, 0.25) is 5.91 Å². The van der Waals surface area contributed by atoms with E-state index in [-0.39, 0.29) is 24.5 Å². The van der Waals surface area contributed by atoms with E-state index in [9.17, 15) is 9.59 Å². The van der Waals surface area contributed by atoms with Gasteiger partial charge in [0, 0.05) is 12.6 Å². The van der Waals surface area contributed by atoms with Gasteiger partial charge in [0.25, 0.3) is 5.91 Å². The standard InChI is InChI=1S/C21H24N2O4/c1-14-8-15(2)10-16(9-14)21(25)22-11-20(24)23(3)12-17-13-26-18-6-4-5-7-19(18)27-17/h4-10,17H,11-13H2,1-3H3,(H,22,25). The second kappa shape index (κ2) is 8.12. The zero-order chi connectivity index (χ0) is 19.4. The Bertz CT molecular complexity index is 830. The van der Waals surface area contributed by atoms with Gasteiger partial charge in [0.15, 0.2) is 17.6 Å². The predicted octanol–water partition coefficient (Wildman–Crippen LogP) is 2.33. The first-order valence-corrected chi connectivity index (χ1v) is 8.91. The Morgan fingerprint density at radius 2 is 1.78 bits per heavy atom. The molecule has 27 heavy (non-hydrogen) atoms. The Labute approximate surface area is 159 Å². The maximum atomic E-state index is 12.3. The molecule has 1 atom stereocenters. The van der Waals surface area contributed by atoms with Crippen LogP contribution in [0, 0.1) is 13.8 Å². The fraction of sp³-hybridized carbons (Fsp3) is 0.333. The Morgan fingerprint density at radius 3 is 2.48 bits per heavy atom. The number of carbonyl (C=O) groups is 2. The third kappa shape index (κ3) is 4.78. The number of nitrogens with zero attached hydrogens (tertiary/aromatic N) is 1. The lowest BCUT2D eigenvalue weighted by molar-refractivity contribution is -0.130. The van der Waals surface area contributed by atoms with Gasteiger partial charge in [0.1, 0.15) is 6.61 Å². The molecule has 2 aromatic carbocycles. The minimum atomic E-state index is -0.255. The van der Waals surface area contributed by atoms with Crippen molar-refractivity contribution in [2.75, 3.05) is 26.7 Å². The van der Waals surface area contributed by atoms with Crippen LogP contribution in [0.15, 0.2) is 42.5 Å². The van der Waals surface area contributed by atoms with Crippen molar-refractivity contribution in [1.29, 1.82) is 0 Å². The molecule has 1 aliphatic rings. The molecule has 1 heterocycles. The van der Waals surface area contributed by atoms with E-state index in [1.54, 1.807) is 24.1 Å². The number of ether oxygens (including phenoxy) is 2. The summed E-state index contributed by atoms with van der Waals surface area (Å²) in [6.07, 6.45) is -0.246. The first kappa shape index (κ1) is 18.8. The smallest absolute Gasteiger partial charge is 0.251 e. The number of carbonyl (C=O) groups excluding carboxylic acids is 2. The molecule has 1 unspecified atom stereocenters. The maximum absolute atomic E-state index is 12.3. The molecule has 0 fully saturated rings. The number of hydrogen-bond acceptors (Lipinski definition) is 4. The summed E-state index contributed by atoms with van der Waals surface area (Å²) in [5.74, 6) is 0.950. The third-order valence-corrected chi connectivity index (χ3v) is 4.35. The number of para-hydroxylation sites is 2. The molecule has 0 saturated carbocycles. The molecule has 0 spiro atoms. The van der Waals surface area contributed by atoms with Crippen molar-refractivity contribution in [3.63, 3.8) is 0 Å². The van der Waals surface area contributed by atoms with Crippen molar-refractivity contribution in [3.05, 3.63) is 59.2 Å². The molecule has 2 amide bonds. The average Bonchev–Trinajstić information content (AvgIpc) is 2.64. The second-order valence-corrected chi connectivity index (χ2v) is 6.83. The summed E-state index contributed by atoms with van der Waals surface area (Å²) < 4.78 is 11.5. The molecule has 6 nitrogen and oxygen atoms in total. The highest BCUT2D eigenvalue weighted by atomic mass is 16.6. The van der Waals surface area contributed by atoms with Gasteiger partial charge < -0.3 is 19.7 Å². The number of fused-ring (bicyclic) bond motifs is 1. The highest BCUT2D eigenvalue weighted by molar-refractivity contribution is 5.96. The van der Waals surface area contributed by atoms with E-state index in [0.29, 0.717) is 30.2 Å². The van der Waals surface area contributed by atoms with Crippen molar-refractivity contribution in [1.82, 2.24) is 10.2 Å². The van der Waals surface area contributed by atoms with E-state index in [1.165, 1.54) is 0 Å². The van der Waals surface area contributed by atoms with Crippen molar-refractivity contribution in [3.8, 4) is 11.5 Å². The van der Waals surface area contributed by atoms with Crippen LogP contribution in [0.1, 0.15) is 21.5 Å². The maximum Gasteiger partial charge on any atom is 0.251 e. The zero-order valence-corrected chi connectivity index (χ0v) is 15.8. The molecule has 2 aromatic rings. The fourth-order valence-corrected chi connectivity index (χ4v) is 3.06. The molecule has 0 aliphatic carbocycles. The van der Waals surface area contributed by atoms with Crippen LogP contribution in [0.5, 0.6) is 11.5 Å². The topological polar surface area (TPSA) is 67.9 Å². The van der Waals surface area contributed by atoms with Crippen molar-refractivity contribution in [2.24, 2.45) is 0 Å². The molecule has 0 saturated heterocycles.